The lowest BCUT2D eigenvalue weighted by molar-refractivity contribution is -0.134. The van der Waals surface area contributed by atoms with Crippen molar-refractivity contribution in [3.8, 4) is 5.75 Å². The third kappa shape index (κ3) is 4.77. The summed E-state index contributed by atoms with van der Waals surface area (Å²) in [5.74, 6) is 0.740. The molecule has 1 aromatic rings. The quantitative estimate of drug-likeness (QED) is 0.515. The topological polar surface area (TPSA) is 62.1 Å². The summed E-state index contributed by atoms with van der Waals surface area (Å²) in [5.41, 5.74) is 1.70. The first-order chi connectivity index (χ1) is 10.2. The van der Waals surface area contributed by atoms with Crippen molar-refractivity contribution in [2.45, 2.75) is 32.6 Å². The second-order valence-corrected chi connectivity index (χ2v) is 5.39. The lowest BCUT2D eigenvalue weighted by atomic mass is 10.1. The molecule has 0 aliphatic carbocycles. The summed E-state index contributed by atoms with van der Waals surface area (Å²) in [6.45, 7) is 3.56. The van der Waals surface area contributed by atoms with Gasteiger partial charge in [0.2, 0.25) is 0 Å². The minimum absolute atomic E-state index is 0.0574. The minimum atomic E-state index is 0.0574. The summed E-state index contributed by atoms with van der Waals surface area (Å²) >= 11 is 0. The maximum absolute atomic E-state index is 12.0. The standard InChI is InChI=1S/C16H22N2O3/c1-13(17-20)11-14-5-7-15(8-6-14)21-12-16(19)18-9-3-2-4-10-18/h5-8,20H,2-4,9-12H2,1H3/b17-13-. The van der Waals surface area contributed by atoms with Gasteiger partial charge in [0.1, 0.15) is 5.75 Å². The molecule has 0 radical (unpaired) electrons. The number of ether oxygens (including phenoxy) is 1. The van der Waals surface area contributed by atoms with Gasteiger partial charge in [-0.1, -0.05) is 17.3 Å². The van der Waals surface area contributed by atoms with Gasteiger partial charge in [0.05, 0.1) is 5.71 Å². The zero-order valence-electron chi connectivity index (χ0n) is 12.4. The van der Waals surface area contributed by atoms with Crippen molar-refractivity contribution in [2.24, 2.45) is 5.16 Å². The van der Waals surface area contributed by atoms with E-state index in [9.17, 15) is 4.79 Å². The van der Waals surface area contributed by atoms with E-state index in [0.717, 1.165) is 31.5 Å². The molecule has 1 N–H and O–H groups in total. The van der Waals surface area contributed by atoms with Crippen LogP contribution in [-0.2, 0) is 11.2 Å². The molecule has 1 aromatic carbocycles. The molecule has 1 aliphatic heterocycles. The molecule has 0 bridgehead atoms. The number of hydrogen-bond acceptors (Lipinski definition) is 4. The number of carbonyl (C=O) groups is 1. The molecule has 5 nitrogen and oxygen atoms in total. The minimum Gasteiger partial charge on any atom is -0.484 e. The van der Waals surface area contributed by atoms with Crippen LogP contribution in [0.5, 0.6) is 5.75 Å². The third-order valence-electron chi connectivity index (χ3n) is 3.63. The highest BCUT2D eigenvalue weighted by molar-refractivity contribution is 5.83. The fourth-order valence-electron chi connectivity index (χ4n) is 2.41. The van der Waals surface area contributed by atoms with Crippen LogP contribution in [0.1, 0.15) is 31.7 Å². The number of benzene rings is 1. The van der Waals surface area contributed by atoms with E-state index in [0.29, 0.717) is 17.9 Å². The van der Waals surface area contributed by atoms with Gasteiger partial charge in [-0.3, -0.25) is 4.79 Å². The van der Waals surface area contributed by atoms with Crippen molar-refractivity contribution < 1.29 is 14.7 Å². The highest BCUT2D eigenvalue weighted by Gasteiger charge is 2.16. The van der Waals surface area contributed by atoms with Gasteiger partial charge in [0, 0.05) is 19.5 Å². The summed E-state index contributed by atoms with van der Waals surface area (Å²) in [6.07, 6.45) is 3.99. The van der Waals surface area contributed by atoms with Gasteiger partial charge in [0.15, 0.2) is 6.61 Å². The van der Waals surface area contributed by atoms with E-state index in [2.05, 4.69) is 5.16 Å². The number of oxime groups is 1. The summed E-state index contributed by atoms with van der Waals surface area (Å²) < 4.78 is 5.54. The van der Waals surface area contributed by atoms with Crippen molar-refractivity contribution in [3.63, 3.8) is 0 Å². The van der Waals surface area contributed by atoms with Crippen LogP contribution >= 0.6 is 0 Å². The number of rotatable bonds is 5. The van der Waals surface area contributed by atoms with Gasteiger partial charge in [0.25, 0.3) is 5.91 Å². The van der Waals surface area contributed by atoms with E-state index < -0.39 is 0 Å². The second kappa shape index (κ2) is 7.67. The number of piperidine rings is 1. The highest BCUT2D eigenvalue weighted by atomic mass is 16.5. The Balaban J connectivity index is 1.81. The Bertz CT molecular complexity index is 491. The number of likely N-dealkylation sites (tertiary alicyclic amines) is 1. The van der Waals surface area contributed by atoms with Crippen molar-refractivity contribution in [1.82, 2.24) is 4.90 Å². The first-order valence-corrected chi connectivity index (χ1v) is 7.36. The van der Waals surface area contributed by atoms with Crippen LogP contribution in [0.25, 0.3) is 0 Å². The van der Waals surface area contributed by atoms with Gasteiger partial charge >= 0.3 is 0 Å². The first-order valence-electron chi connectivity index (χ1n) is 7.36. The Kier molecular flexibility index (Phi) is 5.60. The molecule has 0 spiro atoms. The molecule has 1 aliphatic rings. The molecule has 2 rings (SSSR count). The average molecular weight is 290 g/mol. The summed E-state index contributed by atoms with van der Waals surface area (Å²) in [5, 5.41) is 11.8. The average Bonchev–Trinajstić information content (AvgIpc) is 2.54. The van der Waals surface area contributed by atoms with Gasteiger partial charge in [-0.15, -0.1) is 0 Å². The lowest BCUT2D eigenvalue weighted by Gasteiger charge is -2.26. The number of nitrogens with zero attached hydrogens (tertiary/aromatic N) is 2. The van der Waals surface area contributed by atoms with E-state index in [1.807, 2.05) is 29.2 Å². The molecule has 0 unspecified atom stereocenters. The molecular formula is C16H22N2O3. The van der Waals surface area contributed by atoms with Gasteiger partial charge in [-0.05, 0) is 43.9 Å². The van der Waals surface area contributed by atoms with Crippen LogP contribution in [0.15, 0.2) is 29.4 Å². The van der Waals surface area contributed by atoms with Gasteiger partial charge in [-0.25, -0.2) is 0 Å². The zero-order valence-corrected chi connectivity index (χ0v) is 12.4. The predicted molar refractivity (Wildman–Crippen MR) is 81.0 cm³/mol. The largest absolute Gasteiger partial charge is 0.484 e. The molecule has 0 saturated carbocycles. The van der Waals surface area contributed by atoms with Crippen molar-refractivity contribution in [3.05, 3.63) is 29.8 Å². The van der Waals surface area contributed by atoms with Crippen LogP contribution in [0.2, 0.25) is 0 Å². The van der Waals surface area contributed by atoms with E-state index >= 15 is 0 Å². The summed E-state index contributed by atoms with van der Waals surface area (Å²) in [4.78, 5) is 13.9. The zero-order chi connectivity index (χ0) is 15.1. The molecule has 1 heterocycles. The molecule has 0 atom stereocenters. The number of carbonyl (C=O) groups excluding carboxylic acids is 1. The molecule has 1 amide bonds. The Labute approximate surface area is 125 Å². The monoisotopic (exact) mass is 290 g/mol. The molecule has 1 fully saturated rings. The van der Waals surface area contributed by atoms with Crippen molar-refractivity contribution in [1.29, 1.82) is 0 Å². The van der Waals surface area contributed by atoms with E-state index in [1.54, 1.807) is 6.92 Å². The van der Waals surface area contributed by atoms with Crippen LogP contribution in [-0.4, -0.2) is 41.4 Å². The molecule has 114 valence electrons. The normalized spacial score (nSPS) is 15.9. The van der Waals surface area contributed by atoms with Crippen LogP contribution in [0, 0.1) is 0 Å². The first kappa shape index (κ1) is 15.4. The maximum atomic E-state index is 12.0. The van der Waals surface area contributed by atoms with E-state index in [-0.39, 0.29) is 12.5 Å². The molecule has 5 heteroatoms. The number of amides is 1. The smallest absolute Gasteiger partial charge is 0.260 e. The summed E-state index contributed by atoms with van der Waals surface area (Å²) in [6, 6.07) is 7.50. The Morgan fingerprint density at radius 1 is 1.24 bits per heavy atom. The second-order valence-electron chi connectivity index (χ2n) is 5.39. The van der Waals surface area contributed by atoms with E-state index in [1.165, 1.54) is 6.42 Å². The summed E-state index contributed by atoms with van der Waals surface area (Å²) in [7, 11) is 0. The Morgan fingerprint density at radius 2 is 1.90 bits per heavy atom. The Hall–Kier alpha value is -2.04. The van der Waals surface area contributed by atoms with Crippen LogP contribution in [0.4, 0.5) is 0 Å². The highest BCUT2D eigenvalue weighted by Crippen LogP contribution is 2.14. The fourth-order valence-corrected chi connectivity index (χ4v) is 2.41. The van der Waals surface area contributed by atoms with Gasteiger partial charge < -0.3 is 14.8 Å². The molecule has 1 saturated heterocycles. The van der Waals surface area contributed by atoms with Crippen molar-refractivity contribution in [2.75, 3.05) is 19.7 Å². The van der Waals surface area contributed by atoms with Gasteiger partial charge in [-0.2, -0.15) is 0 Å². The van der Waals surface area contributed by atoms with E-state index in [4.69, 9.17) is 9.94 Å². The van der Waals surface area contributed by atoms with Crippen molar-refractivity contribution >= 4 is 11.6 Å². The predicted octanol–water partition coefficient (Wildman–Crippen LogP) is 2.47. The molecule has 21 heavy (non-hydrogen) atoms. The lowest BCUT2D eigenvalue weighted by Crippen LogP contribution is -2.38. The van der Waals surface area contributed by atoms with Crippen LogP contribution < -0.4 is 4.74 Å². The molecule has 0 aromatic heterocycles. The Morgan fingerprint density at radius 3 is 2.52 bits per heavy atom. The SMILES string of the molecule is C/C(Cc1ccc(OCC(=O)N2CCCCC2)cc1)=N/O. The third-order valence-corrected chi connectivity index (χ3v) is 3.63. The molecular weight excluding hydrogens is 268 g/mol. The van der Waals surface area contributed by atoms with Crippen LogP contribution in [0.3, 0.4) is 0 Å². The maximum Gasteiger partial charge on any atom is 0.260 e. The number of hydrogen-bond donors (Lipinski definition) is 1. The fraction of sp³-hybridized carbons (Fsp3) is 0.500.